The van der Waals surface area contributed by atoms with Crippen LogP contribution in [0, 0.1) is 0 Å². The minimum Gasteiger partial charge on any atom is -0.465 e. The number of para-hydroxylation sites is 1. The van der Waals surface area contributed by atoms with Gasteiger partial charge in [0.1, 0.15) is 5.00 Å². The number of rotatable bonds is 6. The number of sulfonamides is 1. The van der Waals surface area contributed by atoms with Crippen LogP contribution in [0.1, 0.15) is 43.6 Å². The maximum Gasteiger partial charge on any atom is 0.341 e. The summed E-state index contributed by atoms with van der Waals surface area (Å²) in [6, 6.07) is 13.4. The van der Waals surface area contributed by atoms with Crippen LogP contribution in [0.5, 0.6) is 0 Å². The molecule has 1 amide bonds. The number of esters is 1. The van der Waals surface area contributed by atoms with E-state index in [1.54, 1.807) is 6.07 Å². The molecule has 3 aromatic rings. The highest BCUT2D eigenvalue weighted by Gasteiger charge is 2.31. The summed E-state index contributed by atoms with van der Waals surface area (Å²) in [5.41, 5.74) is 3.33. The molecule has 2 aliphatic heterocycles. The standard InChI is InChI=1S/C26H27N3O5S2/c1-3-28-14-13-20-22(16-28)35-25(23(20)26(31)34-2)27-24(30)18-8-10-19(11-9-18)36(32,33)29-15-12-17-6-4-5-7-21(17)29/h4-11H,3,12-16H2,1-2H3,(H,27,30). The van der Waals surface area contributed by atoms with Gasteiger partial charge in [-0.2, -0.15) is 0 Å². The number of carbonyl (C=O) groups is 2. The van der Waals surface area contributed by atoms with E-state index in [0.29, 0.717) is 41.2 Å². The number of ether oxygens (including phenoxy) is 1. The maximum absolute atomic E-state index is 13.3. The van der Waals surface area contributed by atoms with Crippen molar-refractivity contribution in [2.45, 2.75) is 31.2 Å². The van der Waals surface area contributed by atoms with Crippen LogP contribution < -0.4 is 9.62 Å². The predicted octanol–water partition coefficient (Wildman–Crippen LogP) is 3.92. The summed E-state index contributed by atoms with van der Waals surface area (Å²) in [6.45, 7) is 4.95. The Hall–Kier alpha value is -3.21. The van der Waals surface area contributed by atoms with Gasteiger partial charge < -0.3 is 10.1 Å². The number of likely N-dealkylation sites (N-methyl/N-ethyl adjacent to an activating group) is 1. The Kier molecular flexibility index (Phi) is 6.59. The fourth-order valence-electron chi connectivity index (χ4n) is 4.77. The number of carbonyl (C=O) groups excluding carboxylic acids is 2. The van der Waals surface area contributed by atoms with Crippen molar-refractivity contribution in [3.8, 4) is 0 Å². The average molecular weight is 526 g/mol. The van der Waals surface area contributed by atoms with E-state index >= 15 is 0 Å². The zero-order chi connectivity index (χ0) is 25.4. The van der Waals surface area contributed by atoms with Crippen molar-refractivity contribution < 1.29 is 22.7 Å². The number of hydrogen-bond acceptors (Lipinski definition) is 7. The Bertz CT molecular complexity index is 1430. The van der Waals surface area contributed by atoms with Gasteiger partial charge in [0.05, 0.1) is 23.3 Å². The van der Waals surface area contributed by atoms with Gasteiger partial charge in [0.25, 0.3) is 15.9 Å². The summed E-state index contributed by atoms with van der Waals surface area (Å²) in [7, 11) is -2.42. The molecule has 0 saturated heterocycles. The Balaban J connectivity index is 1.38. The van der Waals surface area contributed by atoms with Gasteiger partial charge in [0.15, 0.2) is 0 Å². The highest BCUT2D eigenvalue weighted by molar-refractivity contribution is 7.92. The summed E-state index contributed by atoms with van der Waals surface area (Å²) in [6.07, 6.45) is 1.38. The Morgan fingerprint density at radius 1 is 1.06 bits per heavy atom. The van der Waals surface area contributed by atoms with Crippen LogP contribution in [0.3, 0.4) is 0 Å². The van der Waals surface area contributed by atoms with E-state index in [1.165, 1.54) is 47.0 Å². The molecular formula is C26H27N3O5S2. The lowest BCUT2D eigenvalue weighted by atomic mass is 10.0. The minimum atomic E-state index is -3.75. The maximum atomic E-state index is 13.3. The number of nitrogens with one attached hydrogen (secondary N) is 1. The van der Waals surface area contributed by atoms with E-state index in [1.807, 2.05) is 18.2 Å². The fourth-order valence-corrected chi connectivity index (χ4v) is 7.55. The van der Waals surface area contributed by atoms with Crippen molar-refractivity contribution >= 4 is 43.9 Å². The number of anilines is 2. The van der Waals surface area contributed by atoms with Crippen LogP contribution in [0.15, 0.2) is 53.4 Å². The second-order valence-electron chi connectivity index (χ2n) is 8.75. The predicted molar refractivity (Wildman–Crippen MR) is 139 cm³/mol. The number of nitrogens with zero attached hydrogens (tertiary/aromatic N) is 2. The zero-order valence-electron chi connectivity index (χ0n) is 20.1. The van der Waals surface area contributed by atoms with Crippen LogP contribution >= 0.6 is 11.3 Å². The monoisotopic (exact) mass is 525 g/mol. The van der Waals surface area contributed by atoms with Gasteiger partial charge in [-0.25, -0.2) is 13.2 Å². The van der Waals surface area contributed by atoms with Gasteiger partial charge in [0, 0.05) is 30.1 Å². The molecule has 3 heterocycles. The highest BCUT2D eigenvalue weighted by Crippen LogP contribution is 2.38. The van der Waals surface area contributed by atoms with Crippen LogP contribution in [-0.4, -0.2) is 51.9 Å². The van der Waals surface area contributed by atoms with Crippen molar-refractivity contribution in [3.63, 3.8) is 0 Å². The zero-order valence-corrected chi connectivity index (χ0v) is 21.7. The molecule has 0 spiro atoms. The number of methoxy groups -OCH3 is 1. The van der Waals surface area contributed by atoms with E-state index in [9.17, 15) is 18.0 Å². The lowest BCUT2D eigenvalue weighted by Crippen LogP contribution is -2.30. The van der Waals surface area contributed by atoms with Gasteiger partial charge in [-0.1, -0.05) is 25.1 Å². The van der Waals surface area contributed by atoms with E-state index in [4.69, 9.17) is 4.74 Å². The summed E-state index contributed by atoms with van der Waals surface area (Å²) in [5, 5.41) is 3.32. The fraction of sp³-hybridized carbons (Fsp3) is 0.308. The Morgan fingerprint density at radius 2 is 1.81 bits per heavy atom. The topological polar surface area (TPSA) is 96.0 Å². The van der Waals surface area contributed by atoms with Crippen molar-refractivity contribution in [1.29, 1.82) is 0 Å². The third-order valence-corrected chi connectivity index (χ3v) is 9.71. The SMILES string of the molecule is CCN1CCc2c(sc(NC(=O)c3ccc(S(=O)(=O)N4CCc5ccccc54)cc3)c2C(=O)OC)C1. The van der Waals surface area contributed by atoms with Crippen LogP contribution in [0.2, 0.25) is 0 Å². The molecule has 5 rings (SSSR count). The molecule has 0 atom stereocenters. The summed E-state index contributed by atoms with van der Waals surface area (Å²) >= 11 is 1.39. The van der Waals surface area contributed by atoms with Crippen LogP contribution in [0.25, 0.3) is 0 Å². The normalized spacial score (nSPS) is 15.3. The molecule has 0 saturated carbocycles. The van der Waals surface area contributed by atoms with E-state index in [-0.39, 0.29) is 4.90 Å². The largest absolute Gasteiger partial charge is 0.465 e. The lowest BCUT2D eigenvalue weighted by Gasteiger charge is -2.25. The number of fused-ring (bicyclic) bond motifs is 2. The molecule has 2 aromatic carbocycles. The minimum absolute atomic E-state index is 0.122. The third kappa shape index (κ3) is 4.29. The van der Waals surface area contributed by atoms with Gasteiger partial charge >= 0.3 is 5.97 Å². The first-order valence-corrected chi connectivity index (χ1v) is 14.1. The number of amides is 1. The van der Waals surface area contributed by atoms with Crippen molar-refractivity contribution in [3.05, 3.63) is 75.7 Å². The van der Waals surface area contributed by atoms with Crippen molar-refractivity contribution in [2.24, 2.45) is 0 Å². The summed E-state index contributed by atoms with van der Waals surface area (Å²) in [4.78, 5) is 29.1. The molecule has 1 N–H and O–H groups in total. The first-order valence-electron chi connectivity index (χ1n) is 11.8. The molecule has 8 nitrogen and oxygen atoms in total. The number of hydrogen-bond donors (Lipinski definition) is 1. The van der Waals surface area contributed by atoms with E-state index < -0.39 is 21.9 Å². The second kappa shape index (κ2) is 9.68. The van der Waals surface area contributed by atoms with Gasteiger partial charge in [-0.05, 0) is 60.8 Å². The molecule has 0 aliphatic carbocycles. The van der Waals surface area contributed by atoms with Crippen LogP contribution in [0.4, 0.5) is 10.7 Å². The molecular weight excluding hydrogens is 498 g/mol. The molecule has 0 bridgehead atoms. The van der Waals surface area contributed by atoms with Crippen LogP contribution in [-0.2, 0) is 34.1 Å². The Morgan fingerprint density at radius 3 is 2.53 bits per heavy atom. The van der Waals surface area contributed by atoms with Crippen molar-refractivity contribution in [2.75, 3.05) is 36.4 Å². The second-order valence-corrected chi connectivity index (χ2v) is 11.7. The molecule has 36 heavy (non-hydrogen) atoms. The molecule has 0 radical (unpaired) electrons. The van der Waals surface area contributed by atoms with Gasteiger partial charge in [-0.3, -0.25) is 14.0 Å². The molecule has 2 aliphatic rings. The number of benzene rings is 2. The lowest BCUT2D eigenvalue weighted by molar-refractivity contribution is 0.0600. The third-order valence-electron chi connectivity index (χ3n) is 6.75. The van der Waals surface area contributed by atoms with E-state index in [2.05, 4.69) is 17.1 Å². The molecule has 10 heteroatoms. The van der Waals surface area contributed by atoms with E-state index in [0.717, 1.165) is 35.6 Å². The summed E-state index contributed by atoms with van der Waals surface area (Å²) in [5.74, 6) is -0.887. The first kappa shape index (κ1) is 24.5. The number of thiophene rings is 1. The first-order chi connectivity index (χ1) is 17.3. The van der Waals surface area contributed by atoms with Gasteiger partial charge in [0.2, 0.25) is 0 Å². The Labute approximate surface area is 214 Å². The molecule has 0 unspecified atom stereocenters. The van der Waals surface area contributed by atoms with Gasteiger partial charge in [-0.15, -0.1) is 11.3 Å². The smallest absolute Gasteiger partial charge is 0.341 e. The molecule has 1 aromatic heterocycles. The average Bonchev–Trinajstić information content (AvgIpc) is 3.49. The quantitative estimate of drug-likeness (QED) is 0.490. The molecule has 0 fully saturated rings. The van der Waals surface area contributed by atoms with Crippen molar-refractivity contribution in [1.82, 2.24) is 4.90 Å². The molecule has 188 valence electrons. The summed E-state index contributed by atoms with van der Waals surface area (Å²) < 4.78 is 32.9. The highest BCUT2D eigenvalue weighted by atomic mass is 32.2.